The topological polar surface area (TPSA) is 20.3 Å². The average molecular weight is 247 g/mol. The van der Waals surface area contributed by atoms with E-state index in [2.05, 4.69) is 0 Å². The van der Waals surface area contributed by atoms with Gasteiger partial charge in [0.1, 0.15) is 6.17 Å². The lowest BCUT2D eigenvalue weighted by atomic mass is 9.81. The van der Waals surface area contributed by atoms with Gasteiger partial charge >= 0.3 is 0 Å². The van der Waals surface area contributed by atoms with E-state index in [-0.39, 0.29) is 37.8 Å². The summed E-state index contributed by atoms with van der Waals surface area (Å²) in [6.07, 6.45) is 0.713. The van der Waals surface area contributed by atoms with Gasteiger partial charge in [0.15, 0.2) is 0 Å². The third-order valence-electron chi connectivity index (χ3n) is 4.58. The van der Waals surface area contributed by atoms with Crippen molar-refractivity contribution in [2.24, 2.45) is 17.8 Å². The first-order valence-corrected chi connectivity index (χ1v) is 6.29. The standard InChI is InChI=1S/C12H16F3NO/c13-10-3-7(4-10)11(17)16-5-8-1-2-9(6-16)12(8,14)15/h7-10H,1-6H2. The molecule has 0 N–H and O–H groups in total. The van der Waals surface area contributed by atoms with Crippen LogP contribution in [-0.2, 0) is 4.79 Å². The molecule has 96 valence electrons. The molecule has 3 rings (SSSR count). The van der Waals surface area contributed by atoms with E-state index in [0.717, 1.165) is 0 Å². The number of amides is 1. The van der Waals surface area contributed by atoms with E-state index < -0.39 is 23.9 Å². The predicted octanol–water partition coefficient (Wildman–Crippen LogP) is 2.24. The van der Waals surface area contributed by atoms with Crippen LogP contribution in [0.3, 0.4) is 0 Å². The number of nitrogens with zero attached hydrogens (tertiary/aromatic N) is 1. The largest absolute Gasteiger partial charge is 0.341 e. The van der Waals surface area contributed by atoms with Crippen LogP contribution in [0, 0.1) is 17.8 Å². The highest BCUT2D eigenvalue weighted by atomic mass is 19.3. The Bertz CT molecular complexity index is 325. The zero-order valence-electron chi connectivity index (χ0n) is 9.54. The Morgan fingerprint density at radius 2 is 1.65 bits per heavy atom. The van der Waals surface area contributed by atoms with Crippen LogP contribution in [0.1, 0.15) is 25.7 Å². The molecule has 2 bridgehead atoms. The zero-order valence-corrected chi connectivity index (χ0v) is 9.54. The number of likely N-dealkylation sites (tertiary alicyclic amines) is 1. The normalized spacial score (nSPS) is 43.4. The summed E-state index contributed by atoms with van der Waals surface area (Å²) in [4.78, 5) is 13.5. The fraction of sp³-hybridized carbons (Fsp3) is 0.917. The van der Waals surface area contributed by atoms with Gasteiger partial charge in [-0.25, -0.2) is 13.2 Å². The van der Waals surface area contributed by atoms with Crippen LogP contribution in [0.5, 0.6) is 0 Å². The van der Waals surface area contributed by atoms with E-state index in [0.29, 0.717) is 12.8 Å². The van der Waals surface area contributed by atoms with Crippen molar-refractivity contribution < 1.29 is 18.0 Å². The maximum atomic E-state index is 13.7. The maximum Gasteiger partial charge on any atom is 0.257 e. The molecule has 0 aromatic carbocycles. The Morgan fingerprint density at radius 3 is 2.12 bits per heavy atom. The summed E-state index contributed by atoms with van der Waals surface area (Å²) in [5.41, 5.74) is 0. The predicted molar refractivity (Wildman–Crippen MR) is 55.4 cm³/mol. The summed E-state index contributed by atoms with van der Waals surface area (Å²) in [6, 6.07) is 0. The number of hydrogen-bond acceptors (Lipinski definition) is 1. The molecule has 0 aromatic heterocycles. The fourth-order valence-corrected chi connectivity index (χ4v) is 3.34. The molecule has 17 heavy (non-hydrogen) atoms. The first-order chi connectivity index (χ1) is 7.98. The third-order valence-corrected chi connectivity index (χ3v) is 4.58. The molecule has 1 saturated heterocycles. The molecular formula is C12H16F3NO. The van der Waals surface area contributed by atoms with E-state index in [4.69, 9.17) is 0 Å². The van der Waals surface area contributed by atoms with Gasteiger partial charge in [-0.1, -0.05) is 0 Å². The smallest absolute Gasteiger partial charge is 0.257 e. The maximum absolute atomic E-state index is 13.7. The highest BCUT2D eigenvalue weighted by Crippen LogP contribution is 2.49. The lowest BCUT2D eigenvalue weighted by Crippen LogP contribution is -2.53. The molecule has 2 atom stereocenters. The van der Waals surface area contributed by atoms with Crippen LogP contribution in [0.15, 0.2) is 0 Å². The van der Waals surface area contributed by atoms with E-state index in [1.165, 1.54) is 0 Å². The van der Waals surface area contributed by atoms with Crippen LogP contribution < -0.4 is 0 Å². The Labute approximate surface area is 98.2 Å². The number of halogens is 3. The molecule has 3 fully saturated rings. The second-order valence-corrected chi connectivity index (χ2v) is 5.65. The van der Waals surface area contributed by atoms with Gasteiger partial charge in [-0.2, -0.15) is 0 Å². The van der Waals surface area contributed by atoms with Gasteiger partial charge in [0.05, 0.1) is 0 Å². The molecule has 2 nitrogen and oxygen atoms in total. The van der Waals surface area contributed by atoms with Crippen molar-refractivity contribution in [3.63, 3.8) is 0 Å². The van der Waals surface area contributed by atoms with E-state index in [1.807, 2.05) is 0 Å². The quantitative estimate of drug-likeness (QED) is 0.696. The van der Waals surface area contributed by atoms with Crippen molar-refractivity contribution in [3.05, 3.63) is 0 Å². The molecule has 1 amide bonds. The van der Waals surface area contributed by atoms with Crippen LogP contribution in [0.25, 0.3) is 0 Å². The Balaban J connectivity index is 1.66. The Morgan fingerprint density at radius 1 is 1.12 bits per heavy atom. The summed E-state index contributed by atoms with van der Waals surface area (Å²) in [5.74, 6) is -4.31. The average Bonchev–Trinajstić information content (AvgIpc) is 2.43. The van der Waals surface area contributed by atoms with Crippen LogP contribution in [-0.4, -0.2) is 36.0 Å². The van der Waals surface area contributed by atoms with Crippen molar-refractivity contribution in [2.45, 2.75) is 37.8 Å². The number of piperidine rings is 1. The minimum atomic E-state index is -2.60. The van der Waals surface area contributed by atoms with Crippen molar-refractivity contribution in [1.29, 1.82) is 0 Å². The minimum absolute atomic E-state index is 0.105. The molecular weight excluding hydrogens is 231 g/mol. The summed E-state index contributed by atoms with van der Waals surface area (Å²) in [5, 5.41) is 0. The Kier molecular flexibility index (Phi) is 2.42. The highest BCUT2D eigenvalue weighted by molar-refractivity contribution is 5.80. The summed E-state index contributed by atoms with van der Waals surface area (Å²) in [7, 11) is 0. The number of alkyl halides is 3. The summed E-state index contributed by atoms with van der Waals surface area (Å²) in [6.45, 7) is 0.325. The molecule has 3 aliphatic rings. The first kappa shape index (κ1) is 11.4. The molecule has 1 heterocycles. The molecule has 0 spiro atoms. The zero-order chi connectivity index (χ0) is 12.2. The number of fused-ring (bicyclic) bond motifs is 2. The molecule has 2 saturated carbocycles. The van der Waals surface area contributed by atoms with E-state index >= 15 is 0 Å². The van der Waals surface area contributed by atoms with Crippen LogP contribution in [0.4, 0.5) is 13.2 Å². The monoisotopic (exact) mass is 247 g/mol. The lowest BCUT2D eigenvalue weighted by Gasteiger charge is -2.41. The lowest BCUT2D eigenvalue weighted by molar-refractivity contribution is -0.156. The second kappa shape index (κ2) is 3.62. The molecule has 1 aliphatic heterocycles. The van der Waals surface area contributed by atoms with Crippen LogP contribution >= 0.6 is 0 Å². The van der Waals surface area contributed by atoms with Gasteiger partial charge in [0.25, 0.3) is 5.92 Å². The van der Waals surface area contributed by atoms with Gasteiger partial charge < -0.3 is 4.90 Å². The second-order valence-electron chi connectivity index (χ2n) is 5.65. The SMILES string of the molecule is O=C(C1CC(F)C1)N1CC2CCC(C1)C2(F)F. The molecule has 2 aliphatic carbocycles. The van der Waals surface area contributed by atoms with Gasteiger partial charge in [0, 0.05) is 30.8 Å². The van der Waals surface area contributed by atoms with Crippen LogP contribution in [0.2, 0.25) is 0 Å². The minimum Gasteiger partial charge on any atom is -0.341 e. The van der Waals surface area contributed by atoms with Gasteiger partial charge in [-0.15, -0.1) is 0 Å². The number of carbonyl (C=O) groups excluding carboxylic acids is 1. The van der Waals surface area contributed by atoms with Gasteiger partial charge in [0.2, 0.25) is 5.91 Å². The molecule has 0 radical (unpaired) electrons. The van der Waals surface area contributed by atoms with Gasteiger partial charge in [-0.05, 0) is 25.7 Å². The highest BCUT2D eigenvalue weighted by Gasteiger charge is 2.57. The number of carbonyl (C=O) groups is 1. The van der Waals surface area contributed by atoms with Gasteiger partial charge in [-0.3, -0.25) is 4.79 Å². The number of rotatable bonds is 1. The van der Waals surface area contributed by atoms with Crippen molar-refractivity contribution in [3.8, 4) is 0 Å². The van der Waals surface area contributed by atoms with E-state index in [1.54, 1.807) is 4.90 Å². The Hall–Kier alpha value is -0.740. The number of hydrogen-bond donors (Lipinski definition) is 0. The van der Waals surface area contributed by atoms with E-state index in [9.17, 15) is 18.0 Å². The molecule has 0 aromatic rings. The van der Waals surface area contributed by atoms with Crippen molar-refractivity contribution >= 4 is 5.91 Å². The summed E-state index contributed by atoms with van der Waals surface area (Å²) < 4.78 is 40.0. The molecule has 2 unspecified atom stereocenters. The molecule has 5 heteroatoms. The first-order valence-electron chi connectivity index (χ1n) is 6.29. The van der Waals surface area contributed by atoms with Crippen molar-refractivity contribution in [1.82, 2.24) is 4.90 Å². The third kappa shape index (κ3) is 1.66. The fourth-order valence-electron chi connectivity index (χ4n) is 3.34. The van der Waals surface area contributed by atoms with Crippen molar-refractivity contribution in [2.75, 3.05) is 13.1 Å². The summed E-state index contributed by atoms with van der Waals surface area (Å²) >= 11 is 0.